The van der Waals surface area contributed by atoms with E-state index in [1.165, 1.54) is 12.2 Å². The van der Waals surface area contributed by atoms with E-state index < -0.39 is 21.9 Å². The van der Waals surface area contributed by atoms with Crippen LogP contribution in [0.1, 0.15) is 11.3 Å². The zero-order chi connectivity index (χ0) is 16.4. The normalized spacial score (nSPS) is 11.0. The number of hydrogen-bond acceptors (Lipinski definition) is 5. The lowest BCUT2D eigenvalue weighted by Gasteiger charge is -2.03. The Labute approximate surface area is 149 Å². The lowest BCUT2D eigenvalue weighted by molar-refractivity contribution is -0.386. The van der Waals surface area contributed by atoms with Crippen LogP contribution in [-0.2, 0) is 0 Å². The van der Waals surface area contributed by atoms with Gasteiger partial charge in [-0.15, -0.1) is 0 Å². The molecule has 0 amide bonds. The zero-order valence-electron chi connectivity index (χ0n) is 10.6. The largest absolute Gasteiger partial charge is 0.506 e. The van der Waals surface area contributed by atoms with E-state index in [2.05, 4.69) is 27.6 Å². The van der Waals surface area contributed by atoms with Crippen LogP contribution in [0.2, 0.25) is 0 Å². The van der Waals surface area contributed by atoms with Crippen LogP contribution in [0, 0.1) is 17.3 Å². The average molecular weight is 527 g/mol. The van der Waals surface area contributed by atoms with Crippen LogP contribution < -0.4 is 11.2 Å². The van der Waals surface area contributed by atoms with Gasteiger partial charge in [0.2, 0.25) is 0 Å². The van der Waals surface area contributed by atoms with Crippen molar-refractivity contribution in [2.75, 3.05) is 0 Å². The van der Waals surface area contributed by atoms with Crippen molar-refractivity contribution in [3.05, 3.63) is 61.5 Å². The molecule has 0 bridgehead atoms. The summed E-state index contributed by atoms with van der Waals surface area (Å²) in [7, 11) is 0. The van der Waals surface area contributed by atoms with Crippen molar-refractivity contribution in [3.63, 3.8) is 0 Å². The molecule has 1 aromatic carbocycles. The molecule has 0 aliphatic rings. The first-order chi connectivity index (χ1) is 10.3. The van der Waals surface area contributed by atoms with Gasteiger partial charge in [0.25, 0.3) is 0 Å². The Hall–Kier alpha value is -1.70. The van der Waals surface area contributed by atoms with E-state index in [-0.39, 0.29) is 11.4 Å². The fourth-order valence-electron chi connectivity index (χ4n) is 1.69. The second-order valence-electron chi connectivity index (χ2n) is 4.09. The van der Waals surface area contributed by atoms with Gasteiger partial charge in [-0.2, -0.15) is 0 Å². The third-order valence-corrected chi connectivity index (χ3v) is 4.06. The van der Waals surface area contributed by atoms with Crippen LogP contribution in [0.15, 0.2) is 21.7 Å². The quantitative estimate of drug-likeness (QED) is 0.320. The zero-order valence-corrected chi connectivity index (χ0v) is 14.9. The van der Waals surface area contributed by atoms with Crippen molar-refractivity contribution >= 4 is 63.0 Å². The van der Waals surface area contributed by atoms with E-state index in [9.17, 15) is 24.8 Å². The molecule has 2 aromatic rings. The molecule has 0 radical (unpaired) electrons. The van der Waals surface area contributed by atoms with Gasteiger partial charge in [-0.05, 0) is 69.5 Å². The maximum Gasteiger partial charge on any atom is 0.357 e. The Morgan fingerprint density at radius 3 is 2.50 bits per heavy atom. The van der Waals surface area contributed by atoms with Crippen molar-refractivity contribution in [3.8, 4) is 5.75 Å². The van der Waals surface area contributed by atoms with E-state index in [4.69, 9.17) is 0 Å². The summed E-state index contributed by atoms with van der Waals surface area (Å²) in [5, 5.41) is 20.9. The number of H-pyrrole nitrogens is 2. The number of nitrogens with one attached hydrogen (secondary N) is 2. The van der Waals surface area contributed by atoms with Gasteiger partial charge in [0.15, 0.2) is 0 Å². The fourth-order valence-corrected chi connectivity index (χ4v) is 3.57. The summed E-state index contributed by atoms with van der Waals surface area (Å²) in [4.78, 5) is 36.8. The molecule has 114 valence electrons. The molecule has 8 nitrogen and oxygen atoms in total. The molecule has 10 heteroatoms. The highest BCUT2D eigenvalue weighted by Crippen LogP contribution is 2.28. The van der Waals surface area contributed by atoms with Crippen molar-refractivity contribution in [1.82, 2.24) is 9.97 Å². The Bertz CT molecular complexity index is 901. The van der Waals surface area contributed by atoms with Crippen LogP contribution in [0.5, 0.6) is 5.75 Å². The molecule has 0 aliphatic heterocycles. The number of nitrogens with zero attached hydrogens (tertiary/aromatic N) is 1. The average Bonchev–Trinajstić information content (AvgIpc) is 2.39. The van der Waals surface area contributed by atoms with Gasteiger partial charge < -0.3 is 10.1 Å². The molecule has 0 fully saturated rings. The number of aromatic hydroxyl groups is 1. The molecule has 0 saturated heterocycles. The van der Waals surface area contributed by atoms with Gasteiger partial charge in [-0.25, -0.2) is 4.79 Å². The molecule has 0 atom stereocenters. The summed E-state index contributed by atoms with van der Waals surface area (Å²) in [5.41, 5.74) is -2.54. The maximum atomic E-state index is 11.5. The van der Waals surface area contributed by atoms with Crippen LogP contribution in [0.3, 0.4) is 0 Å². The number of aromatic amines is 2. The van der Waals surface area contributed by atoms with E-state index in [0.29, 0.717) is 9.13 Å². The molecule has 0 aliphatic carbocycles. The van der Waals surface area contributed by atoms with Crippen LogP contribution in [0.4, 0.5) is 5.69 Å². The number of benzene rings is 1. The number of nitro groups is 1. The Balaban J connectivity index is 2.59. The SMILES string of the molecule is O=c1[nH]c(/C=C/c2cc(I)cc(I)c2O)c([N+](=O)[O-])c(=O)[nH]1. The predicted octanol–water partition coefficient (Wildman–Crippen LogP) is 2.06. The van der Waals surface area contributed by atoms with Crippen LogP contribution >= 0.6 is 45.2 Å². The van der Waals surface area contributed by atoms with Crippen molar-refractivity contribution in [1.29, 1.82) is 0 Å². The minimum Gasteiger partial charge on any atom is -0.506 e. The highest BCUT2D eigenvalue weighted by Gasteiger charge is 2.19. The molecular formula is C12H7I2N3O5. The van der Waals surface area contributed by atoms with Gasteiger partial charge in [-0.3, -0.25) is 19.9 Å². The minimum absolute atomic E-state index is 0.00658. The van der Waals surface area contributed by atoms with Gasteiger partial charge in [0.05, 0.1) is 8.49 Å². The fraction of sp³-hybridized carbons (Fsp3) is 0. The first kappa shape index (κ1) is 16.7. The monoisotopic (exact) mass is 527 g/mol. The predicted molar refractivity (Wildman–Crippen MR) is 96.8 cm³/mol. The molecule has 3 N–H and O–H groups in total. The highest BCUT2D eigenvalue weighted by atomic mass is 127. The molecule has 2 rings (SSSR count). The molecule has 1 heterocycles. The van der Waals surface area contributed by atoms with E-state index in [1.54, 1.807) is 17.1 Å². The molecule has 0 saturated carbocycles. The standard InChI is InChI=1S/C12H7I2N3O5/c13-6-3-5(10(18)7(14)4-6)1-2-8-9(17(21)22)11(19)16-12(20)15-8/h1-4,18H,(H2,15,16,19,20)/b2-1+. The smallest absolute Gasteiger partial charge is 0.357 e. The van der Waals surface area contributed by atoms with Gasteiger partial charge in [0.1, 0.15) is 11.4 Å². The Morgan fingerprint density at radius 2 is 1.86 bits per heavy atom. The summed E-state index contributed by atoms with van der Waals surface area (Å²) < 4.78 is 1.46. The third-order valence-electron chi connectivity index (χ3n) is 2.62. The summed E-state index contributed by atoms with van der Waals surface area (Å²) in [5.74, 6) is 0.00658. The molecule has 1 aromatic heterocycles. The van der Waals surface area contributed by atoms with Gasteiger partial charge in [0, 0.05) is 9.13 Å². The van der Waals surface area contributed by atoms with Crippen molar-refractivity contribution < 1.29 is 10.0 Å². The van der Waals surface area contributed by atoms with E-state index in [0.717, 1.165) is 3.57 Å². The summed E-state index contributed by atoms with van der Waals surface area (Å²) in [6.07, 6.45) is 2.59. The number of hydrogen-bond donors (Lipinski definition) is 3. The third kappa shape index (κ3) is 3.55. The topological polar surface area (TPSA) is 129 Å². The Kier molecular flexibility index (Phi) is 5.00. The highest BCUT2D eigenvalue weighted by molar-refractivity contribution is 14.1. The minimum atomic E-state index is -1.09. The van der Waals surface area contributed by atoms with Gasteiger partial charge in [-0.1, -0.05) is 0 Å². The second kappa shape index (κ2) is 6.60. The maximum absolute atomic E-state index is 11.5. The molecule has 22 heavy (non-hydrogen) atoms. The number of phenolic OH excluding ortho intramolecular Hbond substituents is 1. The summed E-state index contributed by atoms with van der Waals surface area (Å²) in [6.45, 7) is 0. The first-order valence-corrected chi connectivity index (χ1v) is 7.82. The molecule has 0 unspecified atom stereocenters. The van der Waals surface area contributed by atoms with Crippen molar-refractivity contribution in [2.24, 2.45) is 0 Å². The number of aromatic nitrogens is 2. The molecule has 0 spiro atoms. The van der Waals surface area contributed by atoms with Gasteiger partial charge >= 0.3 is 16.9 Å². The summed E-state index contributed by atoms with van der Waals surface area (Å²) in [6, 6.07) is 3.41. The van der Waals surface area contributed by atoms with Crippen LogP contribution in [-0.4, -0.2) is 20.0 Å². The summed E-state index contributed by atoms with van der Waals surface area (Å²) >= 11 is 4.01. The Morgan fingerprint density at radius 1 is 1.18 bits per heavy atom. The lowest BCUT2D eigenvalue weighted by Crippen LogP contribution is -2.25. The molecular weight excluding hydrogens is 520 g/mol. The lowest BCUT2D eigenvalue weighted by atomic mass is 10.1. The van der Waals surface area contributed by atoms with Crippen molar-refractivity contribution in [2.45, 2.75) is 0 Å². The van der Waals surface area contributed by atoms with Crippen LogP contribution in [0.25, 0.3) is 12.2 Å². The number of rotatable bonds is 3. The number of halogens is 2. The number of phenols is 1. The second-order valence-corrected chi connectivity index (χ2v) is 6.49. The van der Waals surface area contributed by atoms with E-state index >= 15 is 0 Å². The van der Waals surface area contributed by atoms with E-state index in [1.807, 2.05) is 22.6 Å². The first-order valence-electron chi connectivity index (χ1n) is 5.66.